The van der Waals surface area contributed by atoms with E-state index >= 15 is 0 Å². The Morgan fingerprint density at radius 1 is 1.22 bits per heavy atom. The molecule has 120 valence electrons. The van der Waals surface area contributed by atoms with Gasteiger partial charge in [0.2, 0.25) is 5.95 Å². The van der Waals surface area contributed by atoms with Crippen molar-refractivity contribution >= 4 is 23.2 Å². The van der Waals surface area contributed by atoms with Gasteiger partial charge in [-0.1, -0.05) is 12.1 Å². The van der Waals surface area contributed by atoms with Gasteiger partial charge >= 0.3 is 0 Å². The second-order valence-corrected chi connectivity index (χ2v) is 5.56. The molecule has 6 heteroatoms. The summed E-state index contributed by atoms with van der Waals surface area (Å²) in [5, 5.41) is 3.26. The van der Waals surface area contributed by atoms with E-state index in [4.69, 9.17) is 4.74 Å². The predicted octanol–water partition coefficient (Wildman–Crippen LogP) is 2.57. The highest BCUT2D eigenvalue weighted by Crippen LogP contribution is 2.20. The van der Waals surface area contributed by atoms with E-state index in [1.807, 2.05) is 31.2 Å². The molecule has 2 aromatic rings. The van der Waals surface area contributed by atoms with Crippen LogP contribution in [0, 0.1) is 6.92 Å². The molecule has 0 radical (unpaired) electrons. The Hall–Kier alpha value is -2.47. The summed E-state index contributed by atoms with van der Waals surface area (Å²) >= 11 is 0. The van der Waals surface area contributed by atoms with E-state index in [0.717, 1.165) is 30.3 Å². The highest BCUT2D eigenvalue weighted by atomic mass is 16.5. The number of ketones is 1. The lowest BCUT2D eigenvalue weighted by molar-refractivity contribution is 0.101. The Labute approximate surface area is 135 Å². The average Bonchev–Trinajstić information content (AvgIpc) is 2.55. The molecule has 3 rings (SSSR count). The van der Waals surface area contributed by atoms with Gasteiger partial charge in [0.05, 0.1) is 13.2 Å². The zero-order valence-electron chi connectivity index (χ0n) is 13.4. The highest BCUT2D eigenvalue weighted by Gasteiger charge is 2.15. The quantitative estimate of drug-likeness (QED) is 0.875. The maximum atomic E-state index is 11.5. The largest absolute Gasteiger partial charge is 0.378 e. The van der Waals surface area contributed by atoms with Crippen LogP contribution in [0.2, 0.25) is 0 Å². The molecular weight excluding hydrogens is 292 g/mol. The average molecular weight is 312 g/mol. The van der Waals surface area contributed by atoms with Crippen LogP contribution in [-0.2, 0) is 4.74 Å². The van der Waals surface area contributed by atoms with Gasteiger partial charge in [-0.25, -0.2) is 4.98 Å². The smallest absolute Gasteiger partial charge is 0.227 e. The van der Waals surface area contributed by atoms with Gasteiger partial charge in [-0.3, -0.25) is 4.79 Å². The van der Waals surface area contributed by atoms with E-state index in [1.165, 1.54) is 0 Å². The van der Waals surface area contributed by atoms with Crippen LogP contribution in [0.5, 0.6) is 0 Å². The molecule has 1 aromatic carbocycles. The lowest BCUT2D eigenvalue weighted by Gasteiger charge is -2.27. The topological polar surface area (TPSA) is 67.4 Å². The summed E-state index contributed by atoms with van der Waals surface area (Å²) < 4.78 is 5.37. The van der Waals surface area contributed by atoms with Crippen LogP contribution in [0.3, 0.4) is 0 Å². The third-order valence-electron chi connectivity index (χ3n) is 3.68. The van der Waals surface area contributed by atoms with Crippen molar-refractivity contribution in [2.45, 2.75) is 13.8 Å². The number of Topliss-reactive ketones (excluding diaryl/α,β-unsaturated/α-hetero) is 1. The van der Waals surface area contributed by atoms with E-state index in [0.29, 0.717) is 24.7 Å². The molecule has 1 fully saturated rings. The third-order valence-corrected chi connectivity index (χ3v) is 3.68. The SMILES string of the molecule is CC(=O)c1cccc(Nc2cc(C)nc(N3CCOCC3)n2)c1. The molecule has 0 aliphatic carbocycles. The van der Waals surface area contributed by atoms with Gasteiger partial charge in [-0.15, -0.1) is 0 Å². The molecule has 1 aromatic heterocycles. The summed E-state index contributed by atoms with van der Waals surface area (Å²) in [4.78, 5) is 22.7. The Balaban J connectivity index is 1.83. The van der Waals surface area contributed by atoms with Crippen molar-refractivity contribution in [1.82, 2.24) is 9.97 Å². The van der Waals surface area contributed by atoms with E-state index in [9.17, 15) is 4.79 Å². The maximum Gasteiger partial charge on any atom is 0.227 e. The Kier molecular flexibility index (Phi) is 4.52. The van der Waals surface area contributed by atoms with Crippen molar-refractivity contribution in [2.24, 2.45) is 0 Å². The number of hydrogen-bond donors (Lipinski definition) is 1. The number of nitrogens with one attached hydrogen (secondary N) is 1. The van der Waals surface area contributed by atoms with Crippen LogP contribution in [-0.4, -0.2) is 42.1 Å². The molecule has 2 heterocycles. The van der Waals surface area contributed by atoms with E-state index < -0.39 is 0 Å². The molecule has 0 bridgehead atoms. The summed E-state index contributed by atoms with van der Waals surface area (Å²) in [5.74, 6) is 1.47. The lowest BCUT2D eigenvalue weighted by Crippen LogP contribution is -2.37. The standard InChI is InChI=1S/C17H20N4O2/c1-12-10-16(19-15-5-3-4-14(11-15)13(2)22)20-17(18-12)21-6-8-23-9-7-21/h3-5,10-11H,6-9H2,1-2H3,(H,18,19,20). The van der Waals surface area contributed by atoms with Crippen LogP contribution in [0.1, 0.15) is 23.0 Å². The molecule has 0 atom stereocenters. The fraction of sp³-hybridized carbons (Fsp3) is 0.353. The van der Waals surface area contributed by atoms with Crippen molar-refractivity contribution in [3.8, 4) is 0 Å². The zero-order valence-corrected chi connectivity index (χ0v) is 13.4. The first-order chi connectivity index (χ1) is 11.1. The third kappa shape index (κ3) is 3.84. The number of benzene rings is 1. The Morgan fingerprint density at radius 3 is 2.74 bits per heavy atom. The van der Waals surface area contributed by atoms with Gasteiger partial charge in [0.1, 0.15) is 5.82 Å². The van der Waals surface area contributed by atoms with Crippen molar-refractivity contribution in [3.63, 3.8) is 0 Å². The predicted molar refractivity (Wildman–Crippen MR) is 89.5 cm³/mol. The van der Waals surface area contributed by atoms with Crippen molar-refractivity contribution in [1.29, 1.82) is 0 Å². The number of ether oxygens (including phenoxy) is 1. The van der Waals surface area contributed by atoms with Gasteiger partial charge in [0.15, 0.2) is 5.78 Å². The van der Waals surface area contributed by atoms with E-state index in [-0.39, 0.29) is 5.78 Å². The molecule has 1 aliphatic rings. The Morgan fingerprint density at radius 2 is 2.00 bits per heavy atom. The second-order valence-electron chi connectivity index (χ2n) is 5.56. The highest BCUT2D eigenvalue weighted by molar-refractivity contribution is 5.95. The van der Waals surface area contributed by atoms with Gasteiger partial charge in [0.25, 0.3) is 0 Å². The number of nitrogens with zero attached hydrogens (tertiary/aromatic N) is 3. The number of hydrogen-bond acceptors (Lipinski definition) is 6. The number of anilines is 3. The van der Waals surface area contributed by atoms with Crippen molar-refractivity contribution < 1.29 is 9.53 Å². The molecule has 0 unspecified atom stereocenters. The second kappa shape index (κ2) is 6.75. The molecule has 6 nitrogen and oxygen atoms in total. The van der Waals surface area contributed by atoms with Gasteiger partial charge < -0.3 is 15.0 Å². The van der Waals surface area contributed by atoms with Crippen LogP contribution in [0.15, 0.2) is 30.3 Å². The number of rotatable bonds is 4. The number of aromatic nitrogens is 2. The summed E-state index contributed by atoms with van der Waals surface area (Å²) in [5.41, 5.74) is 2.41. The first kappa shape index (κ1) is 15.4. The molecule has 1 N–H and O–H groups in total. The number of carbonyl (C=O) groups is 1. The van der Waals surface area contributed by atoms with Crippen molar-refractivity contribution in [2.75, 3.05) is 36.5 Å². The zero-order chi connectivity index (χ0) is 16.2. The molecule has 1 aliphatic heterocycles. The molecule has 0 spiro atoms. The molecule has 0 amide bonds. The van der Waals surface area contributed by atoms with E-state index in [1.54, 1.807) is 13.0 Å². The number of morpholine rings is 1. The van der Waals surface area contributed by atoms with Crippen LogP contribution < -0.4 is 10.2 Å². The van der Waals surface area contributed by atoms with Gasteiger partial charge in [-0.05, 0) is 26.0 Å². The first-order valence-corrected chi connectivity index (χ1v) is 7.68. The van der Waals surface area contributed by atoms with Gasteiger partial charge in [-0.2, -0.15) is 4.98 Å². The number of aryl methyl sites for hydroxylation is 1. The van der Waals surface area contributed by atoms with Crippen LogP contribution in [0.4, 0.5) is 17.5 Å². The summed E-state index contributed by atoms with van der Waals surface area (Å²) in [6.07, 6.45) is 0. The normalized spacial score (nSPS) is 14.6. The minimum atomic E-state index is 0.0431. The molecule has 23 heavy (non-hydrogen) atoms. The minimum absolute atomic E-state index is 0.0431. The summed E-state index contributed by atoms with van der Waals surface area (Å²) in [7, 11) is 0. The molecule has 1 saturated heterocycles. The van der Waals surface area contributed by atoms with E-state index in [2.05, 4.69) is 20.2 Å². The van der Waals surface area contributed by atoms with Gasteiger partial charge in [0, 0.05) is 36.1 Å². The summed E-state index contributed by atoms with van der Waals surface area (Å²) in [6, 6.07) is 9.30. The molecular formula is C17H20N4O2. The number of carbonyl (C=O) groups excluding carboxylic acids is 1. The van der Waals surface area contributed by atoms with Crippen LogP contribution >= 0.6 is 0 Å². The van der Waals surface area contributed by atoms with Crippen LogP contribution in [0.25, 0.3) is 0 Å². The lowest BCUT2D eigenvalue weighted by atomic mass is 10.1. The maximum absolute atomic E-state index is 11.5. The Bertz CT molecular complexity index is 711. The van der Waals surface area contributed by atoms with Crippen molar-refractivity contribution in [3.05, 3.63) is 41.6 Å². The monoisotopic (exact) mass is 312 g/mol. The minimum Gasteiger partial charge on any atom is -0.378 e. The first-order valence-electron chi connectivity index (χ1n) is 7.68. The fourth-order valence-corrected chi connectivity index (χ4v) is 2.49. The molecule has 0 saturated carbocycles. The summed E-state index contributed by atoms with van der Waals surface area (Å²) in [6.45, 7) is 6.49. The fourth-order valence-electron chi connectivity index (χ4n) is 2.49.